The number of ether oxygens (including phenoxy) is 1. The van der Waals surface area contributed by atoms with Crippen LogP contribution in [0.2, 0.25) is 0 Å². The van der Waals surface area contributed by atoms with Crippen LogP contribution in [0.25, 0.3) is 0 Å². The van der Waals surface area contributed by atoms with Crippen molar-refractivity contribution >= 4 is 12.0 Å². The van der Waals surface area contributed by atoms with Crippen molar-refractivity contribution in [2.75, 3.05) is 27.2 Å². The molecule has 0 radical (unpaired) electrons. The zero-order valence-electron chi connectivity index (χ0n) is 10.5. The monoisotopic (exact) mass is 248 g/mol. The highest BCUT2D eigenvalue weighted by molar-refractivity contribution is 5.82. The molecule has 1 aliphatic rings. The van der Waals surface area contributed by atoms with Crippen LogP contribution in [0.4, 0.5) is 4.79 Å². The highest BCUT2D eigenvalue weighted by atomic mass is 16.5. The van der Waals surface area contributed by atoms with Crippen LogP contribution in [0.5, 0.6) is 0 Å². The number of nitrogens with zero attached hydrogens (tertiary/aromatic N) is 2. The van der Waals surface area contributed by atoms with Crippen molar-refractivity contribution in [1.82, 2.24) is 9.80 Å². The third kappa shape index (κ3) is 2.30. The summed E-state index contributed by atoms with van der Waals surface area (Å²) in [5.74, 6) is -0.398. The average molecular weight is 248 g/mol. The van der Waals surface area contributed by atoms with Crippen molar-refractivity contribution < 1.29 is 14.3 Å². The van der Waals surface area contributed by atoms with Gasteiger partial charge in [0.1, 0.15) is 6.54 Å². The van der Waals surface area contributed by atoms with E-state index in [1.54, 1.807) is 11.9 Å². The molecular weight excluding hydrogens is 232 g/mol. The van der Waals surface area contributed by atoms with Gasteiger partial charge >= 0.3 is 12.0 Å². The maximum atomic E-state index is 12.0. The molecule has 18 heavy (non-hydrogen) atoms. The summed E-state index contributed by atoms with van der Waals surface area (Å²) >= 11 is 0. The van der Waals surface area contributed by atoms with Gasteiger partial charge in [-0.1, -0.05) is 30.3 Å². The van der Waals surface area contributed by atoms with Gasteiger partial charge in [0.15, 0.2) is 0 Å². The first kappa shape index (κ1) is 12.4. The summed E-state index contributed by atoms with van der Waals surface area (Å²) < 4.78 is 4.59. The molecule has 1 saturated heterocycles. The maximum absolute atomic E-state index is 12.0. The lowest BCUT2D eigenvalue weighted by molar-refractivity contribution is -0.141. The van der Waals surface area contributed by atoms with Crippen molar-refractivity contribution in [2.24, 2.45) is 0 Å². The van der Waals surface area contributed by atoms with Crippen LogP contribution in [-0.2, 0) is 9.53 Å². The number of amides is 2. The van der Waals surface area contributed by atoms with Gasteiger partial charge in [0.05, 0.1) is 13.2 Å². The first-order valence-corrected chi connectivity index (χ1v) is 5.77. The van der Waals surface area contributed by atoms with Gasteiger partial charge in [-0.2, -0.15) is 0 Å². The van der Waals surface area contributed by atoms with Crippen LogP contribution in [0.1, 0.15) is 11.6 Å². The van der Waals surface area contributed by atoms with Crippen LogP contribution in [0.3, 0.4) is 0 Å². The Morgan fingerprint density at radius 3 is 2.67 bits per heavy atom. The Balaban J connectivity index is 2.12. The number of esters is 1. The molecule has 0 bridgehead atoms. The van der Waals surface area contributed by atoms with E-state index >= 15 is 0 Å². The Morgan fingerprint density at radius 1 is 1.39 bits per heavy atom. The lowest BCUT2D eigenvalue weighted by Gasteiger charge is -2.17. The second kappa shape index (κ2) is 5.08. The second-order valence-corrected chi connectivity index (χ2v) is 4.28. The van der Waals surface area contributed by atoms with Gasteiger partial charge in [-0.3, -0.25) is 4.79 Å². The number of hydrogen-bond acceptors (Lipinski definition) is 3. The van der Waals surface area contributed by atoms with Crippen LogP contribution in [0.15, 0.2) is 30.3 Å². The van der Waals surface area contributed by atoms with Gasteiger partial charge in [-0.25, -0.2) is 4.79 Å². The lowest BCUT2D eigenvalue weighted by atomic mass is 10.1. The van der Waals surface area contributed by atoms with Gasteiger partial charge in [-0.15, -0.1) is 0 Å². The summed E-state index contributed by atoms with van der Waals surface area (Å²) in [5, 5.41) is 0. The Labute approximate surface area is 106 Å². The minimum atomic E-state index is -0.398. The topological polar surface area (TPSA) is 49.9 Å². The van der Waals surface area contributed by atoms with E-state index in [4.69, 9.17) is 0 Å². The largest absolute Gasteiger partial charge is 0.468 e. The molecule has 0 aromatic heterocycles. The predicted octanol–water partition coefficient (Wildman–Crippen LogP) is 1.27. The van der Waals surface area contributed by atoms with E-state index in [9.17, 15) is 9.59 Å². The molecule has 1 unspecified atom stereocenters. The van der Waals surface area contributed by atoms with E-state index in [1.807, 2.05) is 30.3 Å². The van der Waals surface area contributed by atoms with E-state index in [1.165, 1.54) is 12.0 Å². The summed E-state index contributed by atoms with van der Waals surface area (Å²) in [6.45, 7) is 0.511. The standard InChI is InChI=1S/C13H16N2O3/c1-14-11(10-6-4-3-5-7-10)8-15(13(14)17)9-12(16)18-2/h3-7,11H,8-9H2,1-2H3. The third-order valence-electron chi connectivity index (χ3n) is 3.17. The van der Waals surface area contributed by atoms with Crippen LogP contribution < -0.4 is 0 Å². The minimum Gasteiger partial charge on any atom is -0.468 e. The SMILES string of the molecule is COC(=O)CN1CC(c2ccccc2)N(C)C1=O. The number of carbonyl (C=O) groups excluding carboxylic acids is 2. The number of urea groups is 1. The number of benzene rings is 1. The molecule has 1 fully saturated rings. The van der Waals surface area contributed by atoms with E-state index in [0.29, 0.717) is 6.54 Å². The molecule has 0 saturated carbocycles. The molecule has 96 valence electrons. The highest BCUT2D eigenvalue weighted by Crippen LogP contribution is 2.27. The lowest BCUT2D eigenvalue weighted by Crippen LogP contribution is -2.34. The van der Waals surface area contributed by atoms with E-state index in [2.05, 4.69) is 4.74 Å². The van der Waals surface area contributed by atoms with Crippen LogP contribution in [0, 0.1) is 0 Å². The molecule has 0 N–H and O–H groups in total. The number of rotatable bonds is 3. The van der Waals surface area contributed by atoms with Gasteiger partial charge in [0.25, 0.3) is 0 Å². The summed E-state index contributed by atoms with van der Waals surface area (Å²) in [6, 6.07) is 9.63. The van der Waals surface area contributed by atoms with Crippen LogP contribution in [-0.4, -0.2) is 49.0 Å². The first-order valence-electron chi connectivity index (χ1n) is 5.77. The molecule has 0 spiro atoms. The summed E-state index contributed by atoms with van der Waals surface area (Å²) in [5.41, 5.74) is 1.07. The third-order valence-corrected chi connectivity index (χ3v) is 3.17. The predicted molar refractivity (Wildman–Crippen MR) is 65.9 cm³/mol. The number of carbonyl (C=O) groups is 2. The molecule has 0 aliphatic carbocycles. The molecule has 1 heterocycles. The minimum absolute atomic E-state index is 0.00298. The molecule has 1 aromatic rings. The summed E-state index contributed by atoms with van der Waals surface area (Å²) in [6.07, 6.45) is 0. The Hall–Kier alpha value is -2.04. The van der Waals surface area contributed by atoms with Gasteiger partial charge < -0.3 is 14.5 Å². The van der Waals surface area contributed by atoms with Crippen molar-refractivity contribution in [2.45, 2.75) is 6.04 Å². The molecule has 1 aromatic carbocycles. The van der Waals surface area contributed by atoms with Crippen molar-refractivity contribution in [1.29, 1.82) is 0 Å². The van der Waals surface area contributed by atoms with Crippen LogP contribution >= 0.6 is 0 Å². The fourth-order valence-electron chi connectivity index (χ4n) is 2.12. The Bertz CT molecular complexity index is 447. The van der Waals surface area contributed by atoms with Crippen molar-refractivity contribution in [3.63, 3.8) is 0 Å². The molecule has 2 rings (SSSR count). The van der Waals surface area contributed by atoms with Crippen molar-refractivity contribution in [3.05, 3.63) is 35.9 Å². The number of likely N-dealkylation sites (N-methyl/N-ethyl adjacent to an activating group) is 1. The van der Waals surface area contributed by atoms with Gasteiger partial charge in [0, 0.05) is 13.6 Å². The summed E-state index contributed by atoms with van der Waals surface area (Å²) in [4.78, 5) is 26.4. The molecule has 1 aliphatic heterocycles. The maximum Gasteiger partial charge on any atom is 0.325 e. The second-order valence-electron chi connectivity index (χ2n) is 4.28. The number of hydrogen-bond donors (Lipinski definition) is 0. The fraction of sp³-hybridized carbons (Fsp3) is 0.385. The van der Waals surface area contributed by atoms with Crippen molar-refractivity contribution in [3.8, 4) is 0 Å². The van der Waals surface area contributed by atoms with Gasteiger partial charge in [0.2, 0.25) is 0 Å². The van der Waals surface area contributed by atoms with Gasteiger partial charge in [-0.05, 0) is 5.56 Å². The molecule has 5 heteroatoms. The highest BCUT2D eigenvalue weighted by Gasteiger charge is 2.36. The van der Waals surface area contributed by atoms with E-state index in [-0.39, 0.29) is 18.6 Å². The Kier molecular flexibility index (Phi) is 3.50. The fourth-order valence-corrected chi connectivity index (χ4v) is 2.12. The molecule has 2 amide bonds. The quantitative estimate of drug-likeness (QED) is 0.757. The van der Waals surface area contributed by atoms with E-state index in [0.717, 1.165) is 5.56 Å². The summed E-state index contributed by atoms with van der Waals surface area (Å²) in [7, 11) is 3.07. The first-order chi connectivity index (χ1) is 8.63. The van der Waals surface area contributed by atoms with E-state index < -0.39 is 5.97 Å². The zero-order valence-corrected chi connectivity index (χ0v) is 10.5. The Morgan fingerprint density at radius 2 is 2.06 bits per heavy atom. The smallest absolute Gasteiger partial charge is 0.325 e. The molecule has 5 nitrogen and oxygen atoms in total. The normalized spacial score (nSPS) is 19.2. The molecular formula is C13H16N2O3. The molecule has 1 atom stereocenters. The average Bonchev–Trinajstić information content (AvgIpc) is 2.68. The number of methoxy groups -OCH3 is 1. The zero-order chi connectivity index (χ0) is 13.1.